The maximum atomic E-state index is 14.5. The smallest absolute Gasteiger partial charge is 0.303 e. The maximum absolute atomic E-state index is 14.5. The highest BCUT2D eigenvalue weighted by Gasteiger charge is 2.44. The zero-order valence-electron chi connectivity index (χ0n) is 18.3. The summed E-state index contributed by atoms with van der Waals surface area (Å²) in [5.41, 5.74) is -0.118. The Hall–Kier alpha value is -1.21. The van der Waals surface area contributed by atoms with Crippen LogP contribution in [-0.2, 0) is 11.2 Å². The van der Waals surface area contributed by atoms with Gasteiger partial charge in [0.25, 0.3) is 0 Å². The molecule has 0 aromatic carbocycles. The highest BCUT2D eigenvalue weighted by Crippen LogP contribution is 2.48. The van der Waals surface area contributed by atoms with Crippen molar-refractivity contribution in [2.45, 2.75) is 82.6 Å². The van der Waals surface area contributed by atoms with Crippen LogP contribution in [0.15, 0.2) is 36.4 Å². The van der Waals surface area contributed by atoms with E-state index in [4.69, 9.17) is 16.7 Å². The summed E-state index contributed by atoms with van der Waals surface area (Å²) in [4.78, 5) is 11.8. The van der Waals surface area contributed by atoms with E-state index in [1.165, 1.54) is 4.88 Å². The van der Waals surface area contributed by atoms with Crippen LogP contribution in [0.4, 0.5) is 4.39 Å². The molecule has 4 nitrogen and oxygen atoms in total. The third-order valence-electron chi connectivity index (χ3n) is 7.14. The van der Waals surface area contributed by atoms with Gasteiger partial charge in [0.2, 0.25) is 0 Å². The molecule has 2 fully saturated rings. The van der Waals surface area contributed by atoms with Crippen LogP contribution in [0.5, 0.6) is 0 Å². The number of halogens is 2. The molecule has 5 atom stereocenters. The molecular formula is C25H34ClFO4S. The van der Waals surface area contributed by atoms with Gasteiger partial charge in [0.1, 0.15) is 6.17 Å². The molecule has 0 aliphatic heterocycles. The fraction of sp³-hybridized carbons (Fsp3) is 0.640. The lowest BCUT2D eigenvalue weighted by Gasteiger charge is -2.45. The highest BCUT2D eigenvalue weighted by molar-refractivity contribution is 7.16. The van der Waals surface area contributed by atoms with E-state index >= 15 is 0 Å². The predicted octanol–water partition coefficient (Wildman–Crippen LogP) is 5.96. The molecule has 178 valence electrons. The van der Waals surface area contributed by atoms with Crippen LogP contribution in [0.3, 0.4) is 0 Å². The number of hydrogen-bond donors (Lipinski definition) is 3. The van der Waals surface area contributed by atoms with E-state index in [2.05, 4.69) is 0 Å². The molecule has 0 spiro atoms. The van der Waals surface area contributed by atoms with Crippen LogP contribution < -0.4 is 0 Å². The van der Waals surface area contributed by atoms with Crippen molar-refractivity contribution in [3.8, 4) is 0 Å². The Morgan fingerprint density at radius 2 is 2.09 bits per heavy atom. The maximum Gasteiger partial charge on any atom is 0.303 e. The third kappa shape index (κ3) is 6.66. The van der Waals surface area contributed by atoms with Crippen LogP contribution in [0, 0.1) is 17.3 Å². The highest BCUT2D eigenvalue weighted by atomic mass is 35.5. The molecule has 1 aromatic rings. The van der Waals surface area contributed by atoms with Crippen molar-refractivity contribution in [3.05, 3.63) is 45.7 Å². The lowest BCUT2D eigenvalue weighted by molar-refractivity contribution is -0.137. The van der Waals surface area contributed by atoms with Gasteiger partial charge >= 0.3 is 5.97 Å². The molecule has 0 bridgehead atoms. The summed E-state index contributed by atoms with van der Waals surface area (Å²) in [7, 11) is 0. The van der Waals surface area contributed by atoms with Crippen molar-refractivity contribution in [3.63, 3.8) is 0 Å². The molecule has 32 heavy (non-hydrogen) atoms. The topological polar surface area (TPSA) is 77.8 Å². The van der Waals surface area contributed by atoms with Crippen molar-refractivity contribution < 1.29 is 24.5 Å². The molecule has 0 saturated heterocycles. The number of thiophene rings is 1. The fourth-order valence-electron chi connectivity index (χ4n) is 5.07. The molecule has 7 heteroatoms. The van der Waals surface area contributed by atoms with Gasteiger partial charge < -0.3 is 15.3 Å². The monoisotopic (exact) mass is 484 g/mol. The van der Waals surface area contributed by atoms with E-state index in [1.807, 2.05) is 36.4 Å². The van der Waals surface area contributed by atoms with Crippen molar-refractivity contribution in [2.24, 2.45) is 17.3 Å². The summed E-state index contributed by atoms with van der Waals surface area (Å²) in [6.45, 7) is 0. The quantitative estimate of drug-likeness (QED) is 0.253. The number of unbranched alkanes of at least 4 members (excludes halogenated alkanes) is 1. The lowest BCUT2D eigenvalue weighted by atomic mass is 9.62. The molecule has 2 saturated carbocycles. The Balaban J connectivity index is 1.52. The first-order valence-electron chi connectivity index (χ1n) is 11.6. The SMILES string of the molecule is O=C(O)CCCC=CCC1C(F)CC(O)C1C=CCC(O)C1(Cc2ccc(Cl)s2)CCC1. The minimum Gasteiger partial charge on any atom is -0.481 e. The predicted molar refractivity (Wildman–Crippen MR) is 127 cm³/mol. The molecule has 1 aromatic heterocycles. The number of hydrogen-bond acceptors (Lipinski definition) is 4. The minimum atomic E-state index is -1.06. The van der Waals surface area contributed by atoms with E-state index < -0.39 is 24.3 Å². The summed E-state index contributed by atoms with van der Waals surface area (Å²) in [6, 6.07) is 3.93. The first kappa shape index (κ1) is 25.4. The fourth-order valence-corrected chi connectivity index (χ4v) is 6.32. The van der Waals surface area contributed by atoms with Crippen LogP contribution in [0.25, 0.3) is 0 Å². The number of aliphatic carboxylic acids is 1. The summed E-state index contributed by atoms with van der Waals surface area (Å²) in [5.74, 6) is -1.37. The molecule has 1 heterocycles. The number of aliphatic hydroxyl groups is 2. The van der Waals surface area contributed by atoms with Gasteiger partial charge in [-0.05, 0) is 57.1 Å². The van der Waals surface area contributed by atoms with Crippen LogP contribution >= 0.6 is 22.9 Å². The second kappa shape index (κ2) is 11.8. The number of carboxylic acid groups (broad SMARTS) is 1. The number of allylic oxidation sites excluding steroid dienone is 2. The number of carbonyl (C=O) groups is 1. The Bertz CT molecular complexity index is 804. The molecular weight excluding hydrogens is 451 g/mol. The first-order valence-corrected chi connectivity index (χ1v) is 12.8. The molecule has 0 amide bonds. The van der Waals surface area contributed by atoms with E-state index in [1.54, 1.807) is 11.3 Å². The van der Waals surface area contributed by atoms with Crippen LogP contribution in [-0.4, -0.2) is 39.7 Å². The zero-order valence-corrected chi connectivity index (χ0v) is 19.9. The molecule has 2 aliphatic rings. The number of aliphatic hydroxyl groups excluding tert-OH is 2. The molecule has 3 N–H and O–H groups in total. The largest absolute Gasteiger partial charge is 0.481 e. The standard InChI is InChI=1S/C25H34ClFO4S/c26-23-12-11-17(32-23)16-25(13-6-14-25)22(29)9-5-8-19-18(20(27)15-21(19)28)7-3-1-2-4-10-24(30)31/h1,3,5,8,11-12,18-22,28-29H,2,4,6-7,9-10,13-16H2,(H,30,31). The van der Waals surface area contributed by atoms with Gasteiger partial charge in [0.15, 0.2) is 0 Å². The van der Waals surface area contributed by atoms with E-state index in [-0.39, 0.29) is 30.1 Å². The number of carboxylic acids is 1. The summed E-state index contributed by atoms with van der Waals surface area (Å²) < 4.78 is 15.3. The van der Waals surface area contributed by atoms with Crippen molar-refractivity contribution in [1.82, 2.24) is 0 Å². The van der Waals surface area contributed by atoms with E-state index in [0.717, 1.165) is 30.0 Å². The number of rotatable bonds is 12. The van der Waals surface area contributed by atoms with E-state index in [9.17, 15) is 19.4 Å². The van der Waals surface area contributed by atoms with Gasteiger partial charge in [-0.2, -0.15) is 0 Å². The molecule has 0 radical (unpaired) electrons. The Labute approximate surface area is 198 Å². The normalized spacial score (nSPS) is 28.4. The summed E-state index contributed by atoms with van der Waals surface area (Å²) in [6.07, 6.45) is 11.8. The Kier molecular flexibility index (Phi) is 9.35. The van der Waals surface area contributed by atoms with Crippen LogP contribution in [0.2, 0.25) is 4.34 Å². The molecule has 2 aliphatic carbocycles. The van der Waals surface area contributed by atoms with Gasteiger partial charge in [-0.25, -0.2) is 4.39 Å². The second-order valence-electron chi connectivity index (χ2n) is 9.33. The van der Waals surface area contributed by atoms with Crippen molar-refractivity contribution in [2.75, 3.05) is 0 Å². The summed E-state index contributed by atoms with van der Waals surface area (Å²) >= 11 is 7.63. The van der Waals surface area contributed by atoms with E-state index in [0.29, 0.717) is 25.7 Å². The lowest BCUT2D eigenvalue weighted by Crippen LogP contribution is -2.42. The zero-order chi connectivity index (χ0) is 23.1. The van der Waals surface area contributed by atoms with Crippen molar-refractivity contribution in [1.29, 1.82) is 0 Å². The molecule has 5 unspecified atom stereocenters. The molecule has 3 rings (SSSR count). The first-order chi connectivity index (χ1) is 15.3. The van der Waals surface area contributed by atoms with Gasteiger partial charge in [0.05, 0.1) is 16.5 Å². The third-order valence-corrected chi connectivity index (χ3v) is 8.37. The van der Waals surface area contributed by atoms with Gasteiger partial charge in [0, 0.05) is 35.0 Å². The summed E-state index contributed by atoms with van der Waals surface area (Å²) in [5, 5.41) is 30.0. The van der Waals surface area contributed by atoms with Crippen LogP contribution in [0.1, 0.15) is 62.7 Å². The average molecular weight is 485 g/mol. The van der Waals surface area contributed by atoms with Gasteiger partial charge in [-0.15, -0.1) is 11.3 Å². The number of alkyl halides is 1. The second-order valence-corrected chi connectivity index (χ2v) is 11.1. The minimum absolute atomic E-state index is 0.118. The average Bonchev–Trinajstić information content (AvgIpc) is 3.23. The van der Waals surface area contributed by atoms with Gasteiger partial charge in [-0.1, -0.05) is 42.3 Å². The Morgan fingerprint density at radius 3 is 2.72 bits per heavy atom. The van der Waals surface area contributed by atoms with Gasteiger partial charge in [-0.3, -0.25) is 4.79 Å². The van der Waals surface area contributed by atoms with Crippen molar-refractivity contribution >= 4 is 28.9 Å². The Morgan fingerprint density at radius 1 is 1.31 bits per heavy atom.